The van der Waals surface area contributed by atoms with Crippen LogP contribution in [-0.4, -0.2) is 35.2 Å². The number of methoxy groups -OCH3 is 1. The Hall–Kier alpha value is -3.19. The number of aryl methyl sites for hydroxylation is 2. The van der Waals surface area contributed by atoms with E-state index in [1.165, 1.54) is 6.08 Å². The van der Waals surface area contributed by atoms with Crippen LogP contribution in [0.15, 0.2) is 65.9 Å². The van der Waals surface area contributed by atoms with Gasteiger partial charge in [-0.2, -0.15) is 5.10 Å². The molecule has 0 radical (unpaired) electrons. The van der Waals surface area contributed by atoms with E-state index in [4.69, 9.17) is 15.5 Å². The second kappa shape index (κ2) is 12.4. The molecule has 7 heteroatoms. The molecule has 0 spiro atoms. The number of hydrogen-bond donors (Lipinski definition) is 2. The summed E-state index contributed by atoms with van der Waals surface area (Å²) in [4.78, 5) is 16.4. The molecule has 1 heterocycles. The highest BCUT2D eigenvalue weighted by Gasteiger charge is 2.12. The zero-order valence-corrected chi connectivity index (χ0v) is 18.5. The molecule has 0 unspecified atom stereocenters. The summed E-state index contributed by atoms with van der Waals surface area (Å²) in [6.45, 7) is 18.5. The lowest BCUT2D eigenvalue weighted by Crippen LogP contribution is -2.23. The number of nitrogens with one attached hydrogen (secondary N) is 1. The van der Waals surface area contributed by atoms with Crippen LogP contribution in [0, 0.1) is 6.92 Å². The summed E-state index contributed by atoms with van der Waals surface area (Å²) in [5, 5.41) is 7.77. The maximum atomic E-state index is 11.7. The summed E-state index contributed by atoms with van der Waals surface area (Å²) in [5.41, 5.74) is 9.61. The van der Waals surface area contributed by atoms with Gasteiger partial charge in [0.1, 0.15) is 5.84 Å². The van der Waals surface area contributed by atoms with Gasteiger partial charge in [0.2, 0.25) is 5.91 Å². The Kier molecular flexibility index (Phi) is 10.3. The van der Waals surface area contributed by atoms with Crippen molar-refractivity contribution in [3.8, 4) is 0 Å². The molecule has 0 saturated heterocycles. The van der Waals surface area contributed by atoms with Gasteiger partial charge in [-0.05, 0) is 44.9 Å². The van der Waals surface area contributed by atoms with E-state index in [0.717, 1.165) is 29.9 Å². The van der Waals surface area contributed by atoms with Gasteiger partial charge < -0.3 is 15.8 Å². The number of allylic oxidation sites excluding steroid dienone is 2. The number of nitrogens with two attached hydrogens (primary N) is 1. The largest absolute Gasteiger partial charge is 0.380 e. The predicted octanol–water partition coefficient (Wildman–Crippen LogP) is 3.65. The van der Waals surface area contributed by atoms with E-state index in [2.05, 4.69) is 30.2 Å². The van der Waals surface area contributed by atoms with Crippen molar-refractivity contribution in [1.82, 2.24) is 15.1 Å². The third-order valence-electron chi connectivity index (χ3n) is 4.24. The number of primary amides is 1. The monoisotopic (exact) mass is 411 g/mol. The van der Waals surface area contributed by atoms with Crippen LogP contribution in [0.4, 0.5) is 0 Å². The minimum Gasteiger partial charge on any atom is -0.380 e. The first-order valence-electron chi connectivity index (χ1n) is 9.79. The van der Waals surface area contributed by atoms with Crippen LogP contribution >= 0.6 is 0 Å². The van der Waals surface area contributed by atoms with E-state index in [9.17, 15) is 4.79 Å². The fourth-order valence-corrected chi connectivity index (χ4v) is 2.72. The van der Waals surface area contributed by atoms with Gasteiger partial charge in [-0.1, -0.05) is 25.3 Å². The number of ether oxygens (including phenoxy) is 1. The first kappa shape index (κ1) is 24.8. The summed E-state index contributed by atoms with van der Waals surface area (Å²) in [6.07, 6.45) is 6.17. The average molecular weight is 412 g/mol. The van der Waals surface area contributed by atoms with E-state index < -0.39 is 5.91 Å². The zero-order valence-electron chi connectivity index (χ0n) is 18.5. The summed E-state index contributed by atoms with van der Waals surface area (Å²) in [7, 11) is 1.60. The number of amidine groups is 1. The highest BCUT2D eigenvalue weighted by molar-refractivity contribution is 5.95. The van der Waals surface area contributed by atoms with Gasteiger partial charge in [0, 0.05) is 25.6 Å². The number of hydrogen-bond acceptors (Lipinski definition) is 4. The van der Waals surface area contributed by atoms with Crippen molar-refractivity contribution in [1.29, 1.82) is 0 Å². The van der Waals surface area contributed by atoms with Crippen molar-refractivity contribution in [2.24, 2.45) is 10.7 Å². The number of rotatable bonds is 12. The van der Waals surface area contributed by atoms with Gasteiger partial charge in [-0.3, -0.25) is 9.48 Å². The summed E-state index contributed by atoms with van der Waals surface area (Å²) >= 11 is 0. The Morgan fingerprint density at radius 1 is 1.43 bits per heavy atom. The first-order valence-corrected chi connectivity index (χ1v) is 9.79. The maximum absolute atomic E-state index is 11.7. The van der Waals surface area contributed by atoms with Crippen LogP contribution in [-0.2, 0) is 16.1 Å². The molecule has 1 aromatic heterocycles. The number of aliphatic imine (C=N–C) groups is 1. The second-order valence-corrected chi connectivity index (χ2v) is 6.74. The van der Waals surface area contributed by atoms with Crippen molar-refractivity contribution in [3.63, 3.8) is 0 Å². The lowest BCUT2D eigenvalue weighted by atomic mass is 10.1. The lowest BCUT2D eigenvalue weighted by Gasteiger charge is -2.14. The molecule has 1 aromatic rings. The third-order valence-corrected chi connectivity index (χ3v) is 4.24. The minimum atomic E-state index is -0.574. The van der Waals surface area contributed by atoms with E-state index >= 15 is 0 Å². The van der Waals surface area contributed by atoms with Gasteiger partial charge in [-0.25, -0.2) is 4.99 Å². The van der Waals surface area contributed by atoms with Gasteiger partial charge >= 0.3 is 0 Å². The van der Waals surface area contributed by atoms with Crippen molar-refractivity contribution < 1.29 is 9.53 Å². The van der Waals surface area contributed by atoms with Gasteiger partial charge in [0.25, 0.3) is 0 Å². The van der Waals surface area contributed by atoms with Crippen molar-refractivity contribution in [2.75, 3.05) is 13.7 Å². The lowest BCUT2D eigenvalue weighted by molar-refractivity contribution is -0.114. The molecular formula is C23H33N5O2. The highest BCUT2D eigenvalue weighted by Crippen LogP contribution is 2.16. The van der Waals surface area contributed by atoms with Crippen LogP contribution in [0.2, 0.25) is 0 Å². The smallest absolute Gasteiger partial charge is 0.248 e. The molecule has 0 fully saturated rings. The Morgan fingerprint density at radius 2 is 2.13 bits per heavy atom. The molecule has 0 aliphatic carbocycles. The van der Waals surface area contributed by atoms with E-state index in [1.807, 2.05) is 37.6 Å². The molecule has 7 nitrogen and oxygen atoms in total. The van der Waals surface area contributed by atoms with E-state index in [0.29, 0.717) is 30.3 Å². The summed E-state index contributed by atoms with van der Waals surface area (Å²) in [5.74, 6) is 0.103. The number of aromatic nitrogens is 2. The van der Waals surface area contributed by atoms with E-state index in [1.54, 1.807) is 13.2 Å². The van der Waals surface area contributed by atoms with Gasteiger partial charge in [0.05, 0.1) is 29.4 Å². The van der Waals surface area contributed by atoms with Crippen molar-refractivity contribution in [3.05, 3.63) is 72.3 Å². The topological polar surface area (TPSA) is 94.5 Å². The van der Waals surface area contributed by atoms with Crippen LogP contribution in [0.5, 0.6) is 0 Å². The molecule has 162 valence electrons. The molecule has 0 aliphatic heterocycles. The number of carbonyl (C=O) groups excluding carboxylic acids is 1. The SMILES string of the molecule is C=CCC\C(=N/C(/C=C(\C=C)C(N)=O)=C(\C)COC)NC(=C)c1cc(C)nn1CC. The molecule has 0 bridgehead atoms. The molecule has 0 aliphatic rings. The van der Waals surface area contributed by atoms with Crippen LogP contribution < -0.4 is 11.1 Å². The molecule has 1 amide bonds. The number of carbonyl (C=O) groups is 1. The van der Waals surface area contributed by atoms with Crippen LogP contribution in [0.1, 0.15) is 38.1 Å². The Morgan fingerprint density at radius 3 is 2.67 bits per heavy atom. The molecule has 1 rings (SSSR count). The molecule has 0 saturated carbocycles. The Bertz CT molecular complexity index is 887. The van der Waals surface area contributed by atoms with Crippen molar-refractivity contribution >= 4 is 17.4 Å². The predicted molar refractivity (Wildman–Crippen MR) is 124 cm³/mol. The first-order chi connectivity index (χ1) is 14.3. The van der Waals surface area contributed by atoms with Gasteiger partial charge in [-0.15, -0.1) is 6.58 Å². The molecule has 3 N–H and O–H groups in total. The normalized spacial score (nSPS) is 12.9. The fourth-order valence-electron chi connectivity index (χ4n) is 2.72. The minimum absolute atomic E-state index is 0.269. The Labute approximate surface area is 179 Å². The van der Waals surface area contributed by atoms with Gasteiger partial charge in [0.15, 0.2) is 0 Å². The van der Waals surface area contributed by atoms with Crippen molar-refractivity contribution in [2.45, 2.75) is 40.2 Å². The molecular weight excluding hydrogens is 378 g/mol. The summed E-state index contributed by atoms with van der Waals surface area (Å²) < 4.78 is 7.12. The molecule has 0 atom stereocenters. The van der Waals surface area contributed by atoms with Crippen LogP contribution in [0.25, 0.3) is 5.70 Å². The molecule has 0 aromatic carbocycles. The highest BCUT2D eigenvalue weighted by atomic mass is 16.5. The zero-order chi connectivity index (χ0) is 22.7. The summed E-state index contributed by atoms with van der Waals surface area (Å²) in [6, 6.07) is 1.97. The average Bonchev–Trinajstić information content (AvgIpc) is 3.09. The fraction of sp³-hybridized carbons (Fsp3) is 0.348. The molecule has 30 heavy (non-hydrogen) atoms. The second-order valence-electron chi connectivity index (χ2n) is 6.74. The maximum Gasteiger partial charge on any atom is 0.248 e. The number of nitrogens with zero attached hydrogens (tertiary/aromatic N) is 3. The standard InChI is InChI=1S/C23H33N5O2/c1-8-11-12-22(25-18(6)21-13-17(5)27-28(21)10-3)26-20(16(4)15-30-7)14-19(9-2)23(24)29/h8-9,13-14H,1-2,6,10-12,15H2,3-5,7H3,(H2,24,29)(H,25,26)/b19-14+,20-16+. The van der Waals surface area contributed by atoms with E-state index in [-0.39, 0.29) is 5.57 Å². The number of amides is 1. The Balaban J connectivity index is 3.40. The quantitative estimate of drug-likeness (QED) is 0.180. The third kappa shape index (κ3) is 7.33. The van der Waals surface area contributed by atoms with Crippen LogP contribution in [0.3, 0.4) is 0 Å².